The molecule has 0 aromatic heterocycles. The number of rotatable bonds is 9. The van der Waals surface area contributed by atoms with Crippen molar-refractivity contribution < 1.29 is 71.1 Å². The first kappa shape index (κ1) is 29.7. The zero-order valence-electron chi connectivity index (χ0n) is 18.6. The number of esters is 1. The Bertz CT molecular complexity index is 1120. The highest BCUT2D eigenvalue weighted by atomic mass is 32.5. The summed E-state index contributed by atoms with van der Waals surface area (Å²) < 4.78 is 125. The van der Waals surface area contributed by atoms with E-state index in [9.17, 15) is 52.3 Å². The lowest BCUT2D eigenvalue weighted by Gasteiger charge is -2.41. The summed E-state index contributed by atoms with van der Waals surface area (Å²) in [7, 11) is -10.2. The summed E-state index contributed by atoms with van der Waals surface area (Å²) in [5.74, 6) is -2.68. The minimum absolute atomic E-state index is 0.0745. The van der Waals surface area contributed by atoms with Crippen LogP contribution in [0.5, 0.6) is 5.75 Å². The summed E-state index contributed by atoms with van der Waals surface area (Å²) in [6.45, 7) is 0.304. The van der Waals surface area contributed by atoms with Gasteiger partial charge in [-0.05, 0) is 37.6 Å². The van der Waals surface area contributed by atoms with Crippen molar-refractivity contribution in [2.24, 2.45) is 0 Å². The standard InChI is InChI=1S/C18H17F8NO9S/c1-9-5-12(37(22,23,24,25)26)6-11-7-13(15(18(19,20)21)36-14(9)11)16(28)32-8-33-17(29)35-10(2)3-4-34-27(30)31/h5-7,10,15H,3-4,8H2,1-2H3/t10-,15?/m0/s1. The van der Waals surface area contributed by atoms with Crippen molar-refractivity contribution in [3.05, 3.63) is 38.9 Å². The Morgan fingerprint density at radius 1 is 1.16 bits per heavy atom. The van der Waals surface area contributed by atoms with Gasteiger partial charge in [0.05, 0.1) is 12.2 Å². The van der Waals surface area contributed by atoms with Gasteiger partial charge in [-0.15, -0.1) is 10.1 Å². The zero-order chi connectivity index (χ0) is 28.5. The van der Waals surface area contributed by atoms with Gasteiger partial charge in [-0.3, -0.25) is 0 Å². The molecule has 0 amide bonds. The number of carbonyl (C=O) groups excluding carboxylic acids is 2. The van der Waals surface area contributed by atoms with Crippen LogP contribution in [0.3, 0.4) is 0 Å². The Morgan fingerprint density at radius 3 is 2.32 bits per heavy atom. The monoisotopic (exact) mass is 575 g/mol. The Hall–Kier alpha value is -3.51. The molecule has 0 aliphatic carbocycles. The van der Waals surface area contributed by atoms with Crippen LogP contribution >= 0.6 is 10.2 Å². The molecule has 0 N–H and O–H groups in total. The molecule has 1 aliphatic heterocycles. The lowest BCUT2D eigenvalue weighted by molar-refractivity contribution is -0.758. The molecule has 0 spiro atoms. The predicted octanol–water partition coefficient (Wildman–Crippen LogP) is 6.00. The zero-order valence-corrected chi connectivity index (χ0v) is 19.4. The molecule has 1 heterocycles. The van der Waals surface area contributed by atoms with E-state index in [-0.39, 0.29) is 24.6 Å². The molecule has 1 unspecified atom stereocenters. The second kappa shape index (κ2) is 9.42. The van der Waals surface area contributed by atoms with Crippen molar-refractivity contribution in [2.75, 3.05) is 13.4 Å². The third kappa shape index (κ3) is 8.25. The minimum atomic E-state index is -10.2. The van der Waals surface area contributed by atoms with E-state index in [4.69, 9.17) is 0 Å². The Labute approximate surface area is 201 Å². The molecular weight excluding hydrogens is 558 g/mol. The molecule has 37 heavy (non-hydrogen) atoms. The molecule has 0 saturated carbocycles. The number of halogens is 8. The molecule has 0 fully saturated rings. The van der Waals surface area contributed by atoms with Crippen molar-refractivity contribution in [3.8, 4) is 5.75 Å². The quantitative estimate of drug-likeness (QED) is 0.115. The van der Waals surface area contributed by atoms with Crippen LogP contribution in [-0.2, 0) is 23.8 Å². The first-order chi connectivity index (χ1) is 16.6. The van der Waals surface area contributed by atoms with E-state index in [2.05, 4.69) is 23.8 Å². The topological polar surface area (TPSA) is 123 Å². The molecule has 1 aromatic carbocycles. The second-order valence-corrected chi connectivity index (χ2v) is 9.89. The summed E-state index contributed by atoms with van der Waals surface area (Å²) in [6.07, 6.45) is -10.7. The molecule has 1 aromatic rings. The van der Waals surface area contributed by atoms with E-state index in [1.54, 1.807) is 0 Å². The molecule has 10 nitrogen and oxygen atoms in total. The Morgan fingerprint density at radius 2 is 1.78 bits per heavy atom. The molecule has 0 saturated heterocycles. The van der Waals surface area contributed by atoms with Crippen molar-refractivity contribution in [2.45, 2.75) is 43.5 Å². The van der Waals surface area contributed by atoms with E-state index in [0.717, 1.165) is 6.92 Å². The maximum absolute atomic E-state index is 13.5. The number of aryl methyl sites for hydroxylation is 1. The fourth-order valence-corrected chi connectivity index (χ4v) is 3.61. The van der Waals surface area contributed by atoms with Crippen LogP contribution in [0.4, 0.5) is 37.4 Å². The van der Waals surface area contributed by atoms with Gasteiger partial charge in [0.25, 0.3) is 5.09 Å². The molecule has 1 aliphatic rings. The lowest BCUT2D eigenvalue weighted by atomic mass is 9.99. The number of ether oxygens (including phenoxy) is 4. The predicted molar refractivity (Wildman–Crippen MR) is 107 cm³/mol. The molecular formula is C18H17F8NO9S. The van der Waals surface area contributed by atoms with Crippen molar-refractivity contribution in [1.82, 2.24) is 0 Å². The minimum Gasteiger partial charge on any atom is -0.475 e. The van der Waals surface area contributed by atoms with Crippen LogP contribution in [0.15, 0.2) is 22.6 Å². The number of hydrogen-bond donors (Lipinski definition) is 0. The van der Waals surface area contributed by atoms with Crippen LogP contribution in [0, 0.1) is 17.0 Å². The van der Waals surface area contributed by atoms with E-state index >= 15 is 0 Å². The molecule has 2 rings (SSSR count). The van der Waals surface area contributed by atoms with Gasteiger partial charge in [-0.25, -0.2) is 9.59 Å². The summed E-state index contributed by atoms with van der Waals surface area (Å²) in [4.78, 5) is 35.3. The third-order valence-electron chi connectivity index (χ3n) is 4.47. The van der Waals surface area contributed by atoms with E-state index in [1.807, 2.05) is 0 Å². The number of fused-ring (bicyclic) bond motifs is 1. The third-order valence-corrected chi connectivity index (χ3v) is 5.60. The number of benzene rings is 1. The molecule has 0 radical (unpaired) electrons. The number of hydrogen-bond acceptors (Lipinski definition) is 9. The highest BCUT2D eigenvalue weighted by Crippen LogP contribution is 3.02. The van der Waals surface area contributed by atoms with Gasteiger partial charge >= 0.3 is 28.5 Å². The smallest absolute Gasteiger partial charge is 0.475 e. The van der Waals surface area contributed by atoms with Gasteiger partial charge < -0.3 is 23.8 Å². The maximum atomic E-state index is 13.5. The van der Waals surface area contributed by atoms with Gasteiger partial charge in [-0.1, -0.05) is 19.4 Å². The largest absolute Gasteiger partial charge is 0.511 e. The van der Waals surface area contributed by atoms with Gasteiger partial charge in [0.15, 0.2) is 0 Å². The van der Waals surface area contributed by atoms with Crippen molar-refractivity contribution in [3.63, 3.8) is 0 Å². The van der Waals surface area contributed by atoms with Gasteiger partial charge in [0, 0.05) is 12.0 Å². The number of carbonyl (C=O) groups is 2. The molecule has 2 atom stereocenters. The fraction of sp³-hybridized carbons (Fsp3) is 0.444. The summed E-state index contributed by atoms with van der Waals surface area (Å²) >= 11 is 0. The normalized spacial score (nSPS) is 18.1. The van der Waals surface area contributed by atoms with Crippen molar-refractivity contribution >= 4 is 28.4 Å². The Kier molecular flexibility index (Phi) is 7.56. The van der Waals surface area contributed by atoms with E-state index in [0.29, 0.717) is 0 Å². The maximum Gasteiger partial charge on any atom is 0.511 e. The number of alkyl halides is 3. The highest BCUT2D eigenvalue weighted by Gasteiger charge is 2.65. The average Bonchev–Trinajstić information content (AvgIpc) is 2.70. The van der Waals surface area contributed by atoms with Crippen LogP contribution in [-0.4, -0.2) is 49.0 Å². The Balaban J connectivity index is 2.19. The number of nitrogens with zero attached hydrogens (tertiary/aromatic N) is 1. The van der Waals surface area contributed by atoms with Crippen molar-refractivity contribution in [1.29, 1.82) is 0 Å². The van der Waals surface area contributed by atoms with Crippen LogP contribution in [0.2, 0.25) is 0 Å². The van der Waals surface area contributed by atoms with Crippen LogP contribution in [0.1, 0.15) is 24.5 Å². The van der Waals surface area contributed by atoms with Gasteiger partial charge in [-0.2, -0.15) is 13.2 Å². The van der Waals surface area contributed by atoms with Crippen LogP contribution in [0.25, 0.3) is 6.08 Å². The van der Waals surface area contributed by atoms with Gasteiger partial charge in [0.2, 0.25) is 12.9 Å². The summed E-state index contributed by atoms with van der Waals surface area (Å²) in [6, 6.07) is -0.239. The van der Waals surface area contributed by atoms with Crippen LogP contribution < -0.4 is 4.74 Å². The molecule has 0 bridgehead atoms. The first-order valence-electron chi connectivity index (χ1n) is 9.70. The fourth-order valence-electron chi connectivity index (χ4n) is 2.86. The lowest BCUT2D eigenvalue weighted by Crippen LogP contribution is -2.41. The second-order valence-electron chi connectivity index (χ2n) is 7.48. The molecule has 19 heteroatoms. The van der Waals surface area contributed by atoms with Gasteiger partial charge in [0.1, 0.15) is 16.7 Å². The summed E-state index contributed by atoms with van der Waals surface area (Å²) in [5, 5.41) is 8.94. The molecule has 210 valence electrons. The first-order valence-corrected chi connectivity index (χ1v) is 11.6. The average molecular weight is 575 g/mol. The van der Waals surface area contributed by atoms with E-state index in [1.165, 1.54) is 6.92 Å². The highest BCUT2D eigenvalue weighted by molar-refractivity contribution is 8.45. The SMILES string of the molecule is Cc1cc(S(F)(F)(F)(F)F)cc2c1OC(C(F)(F)F)C(C(=O)OCOC(=O)O[C@@H](C)CCO[N+](=O)[O-])=C2. The van der Waals surface area contributed by atoms with E-state index < -0.39 is 86.6 Å². The summed E-state index contributed by atoms with van der Waals surface area (Å²) in [5.41, 5.74) is -3.02.